The molecule has 0 atom stereocenters. The number of benzene rings is 1. The normalized spacial score (nSPS) is 11.1. The molecule has 0 unspecified atom stereocenters. The first-order chi connectivity index (χ1) is 7.91. The Morgan fingerprint density at radius 2 is 2.00 bits per heavy atom. The fourth-order valence-electron chi connectivity index (χ4n) is 1.07. The predicted octanol–water partition coefficient (Wildman–Crippen LogP) is 2.96. The van der Waals surface area contributed by atoms with Gasteiger partial charge in [0.05, 0.1) is 15.7 Å². The van der Waals surface area contributed by atoms with Crippen LogP contribution in [0.15, 0.2) is 29.8 Å². The summed E-state index contributed by atoms with van der Waals surface area (Å²) in [5.74, 6) is -1.73. The van der Waals surface area contributed by atoms with Crippen LogP contribution in [0.25, 0.3) is 0 Å². The first-order valence-electron chi connectivity index (χ1n) is 4.58. The third kappa shape index (κ3) is 3.76. The Hall–Kier alpha value is -1.52. The second kappa shape index (κ2) is 5.70. The number of amides is 1. The molecule has 1 aromatic carbocycles. The number of rotatable bonds is 3. The third-order valence-corrected chi connectivity index (χ3v) is 2.72. The third-order valence-electron chi connectivity index (χ3n) is 1.90. The van der Waals surface area contributed by atoms with Gasteiger partial charge in [-0.2, -0.15) is 0 Å². The second-order valence-electron chi connectivity index (χ2n) is 3.22. The highest BCUT2D eigenvalue weighted by Gasteiger charge is 2.10. The summed E-state index contributed by atoms with van der Waals surface area (Å²) in [5.41, 5.74) is 0.399. The van der Waals surface area contributed by atoms with Crippen LogP contribution in [-0.2, 0) is 9.59 Å². The average Bonchev–Trinajstić information content (AvgIpc) is 2.23. The van der Waals surface area contributed by atoms with E-state index in [4.69, 9.17) is 28.3 Å². The maximum Gasteiger partial charge on any atom is 0.328 e. The van der Waals surface area contributed by atoms with Gasteiger partial charge < -0.3 is 10.4 Å². The maximum atomic E-state index is 11.6. The fourth-order valence-corrected chi connectivity index (χ4v) is 1.42. The summed E-state index contributed by atoms with van der Waals surface area (Å²) < 4.78 is 0. The highest BCUT2D eigenvalue weighted by molar-refractivity contribution is 6.44. The van der Waals surface area contributed by atoms with Gasteiger partial charge in [0.15, 0.2) is 0 Å². The van der Waals surface area contributed by atoms with E-state index in [2.05, 4.69) is 5.32 Å². The minimum atomic E-state index is -1.19. The molecular formula is C11H9Cl2NO3. The Morgan fingerprint density at radius 1 is 1.35 bits per heavy atom. The molecular weight excluding hydrogens is 265 g/mol. The van der Waals surface area contributed by atoms with Crippen LogP contribution in [0.5, 0.6) is 0 Å². The van der Waals surface area contributed by atoms with Gasteiger partial charge in [0.25, 0.3) is 5.91 Å². The smallest absolute Gasteiger partial charge is 0.328 e. The standard InChI is InChI=1S/C11H9Cl2NO3/c1-6(5-9(15)16)11(17)14-8-4-2-3-7(12)10(8)13/h2-5H,1H3,(H,14,17)(H,15,16)/b6-5+. The van der Waals surface area contributed by atoms with Gasteiger partial charge >= 0.3 is 5.97 Å². The Morgan fingerprint density at radius 3 is 2.59 bits per heavy atom. The van der Waals surface area contributed by atoms with Crippen LogP contribution >= 0.6 is 23.2 Å². The molecule has 90 valence electrons. The van der Waals surface area contributed by atoms with Crippen molar-refractivity contribution in [2.75, 3.05) is 5.32 Å². The fraction of sp³-hybridized carbons (Fsp3) is 0.0909. The van der Waals surface area contributed by atoms with Crippen molar-refractivity contribution in [3.63, 3.8) is 0 Å². The molecule has 0 radical (unpaired) electrons. The van der Waals surface area contributed by atoms with Gasteiger partial charge in [0.2, 0.25) is 0 Å². The molecule has 0 aliphatic carbocycles. The number of hydrogen-bond donors (Lipinski definition) is 2. The van der Waals surface area contributed by atoms with Gasteiger partial charge in [-0.3, -0.25) is 4.79 Å². The number of anilines is 1. The zero-order valence-corrected chi connectivity index (χ0v) is 10.3. The van der Waals surface area contributed by atoms with Crippen LogP contribution in [0, 0.1) is 0 Å². The molecule has 0 aliphatic heterocycles. The first kappa shape index (κ1) is 13.5. The molecule has 0 aliphatic rings. The number of aliphatic carboxylic acids is 1. The number of nitrogens with one attached hydrogen (secondary N) is 1. The number of carboxylic acids is 1. The molecule has 1 amide bonds. The van der Waals surface area contributed by atoms with Gasteiger partial charge in [-0.05, 0) is 19.1 Å². The van der Waals surface area contributed by atoms with E-state index in [9.17, 15) is 9.59 Å². The molecule has 0 fully saturated rings. The lowest BCUT2D eigenvalue weighted by Crippen LogP contribution is -2.14. The van der Waals surface area contributed by atoms with Gasteiger partial charge in [0, 0.05) is 11.6 Å². The largest absolute Gasteiger partial charge is 0.478 e. The topological polar surface area (TPSA) is 66.4 Å². The molecule has 1 aromatic rings. The Labute approximate surface area is 108 Å². The summed E-state index contributed by atoms with van der Waals surface area (Å²) in [5, 5.41) is 11.5. The van der Waals surface area contributed by atoms with Crippen LogP contribution in [0.3, 0.4) is 0 Å². The van der Waals surface area contributed by atoms with E-state index in [1.807, 2.05) is 0 Å². The Bertz CT molecular complexity index is 497. The average molecular weight is 274 g/mol. The molecule has 0 spiro atoms. The number of carboxylic acid groups (broad SMARTS) is 1. The second-order valence-corrected chi connectivity index (χ2v) is 4.01. The van der Waals surface area contributed by atoms with E-state index in [0.717, 1.165) is 6.08 Å². The van der Waals surface area contributed by atoms with Crippen LogP contribution in [0.4, 0.5) is 5.69 Å². The lowest BCUT2D eigenvalue weighted by atomic mass is 10.2. The lowest BCUT2D eigenvalue weighted by molar-refractivity contribution is -0.131. The summed E-state index contributed by atoms with van der Waals surface area (Å²) in [6, 6.07) is 4.78. The molecule has 0 aromatic heterocycles. The van der Waals surface area contributed by atoms with Crippen molar-refractivity contribution in [1.29, 1.82) is 0 Å². The van der Waals surface area contributed by atoms with Crippen molar-refractivity contribution in [2.24, 2.45) is 0 Å². The van der Waals surface area contributed by atoms with Gasteiger partial charge in [-0.1, -0.05) is 29.3 Å². The summed E-state index contributed by atoms with van der Waals surface area (Å²) in [7, 11) is 0. The van der Waals surface area contributed by atoms with Crippen LogP contribution in [0.2, 0.25) is 10.0 Å². The summed E-state index contributed by atoms with van der Waals surface area (Å²) >= 11 is 11.6. The van der Waals surface area contributed by atoms with Gasteiger partial charge in [-0.15, -0.1) is 0 Å². The van der Waals surface area contributed by atoms with E-state index < -0.39 is 11.9 Å². The van der Waals surface area contributed by atoms with Crippen LogP contribution < -0.4 is 5.32 Å². The monoisotopic (exact) mass is 273 g/mol. The molecule has 4 nitrogen and oxygen atoms in total. The number of halogens is 2. The molecule has 2 N–H and O–H groups in total. The lowest BCUT2D eigenvalue weighted by Gasteiger charge is -2.07. The van der Waals surface area contributed by atoms with Gasteiger partial charge in [0.1, 0.15) is 0 Å². The van der Waals surface area contributed by atoms with Crippen LogP contribution in [-0.4, -0.2) is 17.0 Å². The van der Waals surface area contributed by atoms with E-state index in [-0.39, 0.29) is 10.6 Å². The number of carbonyl (C=O) groups excluding carboxylic acids is 1. The van der Waals surface area contributed by atoms with Gasteiger partial charge in [-0.25, -0.2) is 4.79 Å². The Kier molecular flexibility index (Phi) is 4.54. The molecule has 17 heavy (non-hydrogen) atoms. The summed E-state index contributed by atoms with van der Waals surface area (Å²) in [4.78, 5) is 22.0. The molecule has 1 rings (SSSR count). The highest BCUT2D eigenvalue weighted by atomic mass is 35.5. The quantitative estimate of drug-likeness (QED) is 0.833. The highest BCUT2D eigenvalue weighted by Crippen LogP contribution is 2.29. The molecule has 0 heterocycles. The molecule has 0 saturated carbocycles. The minimum Gasteiger partial charge on any atom is -0.478 e. The number of carbonyl (C=O) groups is 2. The van der Waals surface area contributed by atoms with E-state index in [1.54, 1.807) is 18.2 Å². The first-order valence-corrected chi connectivity index (χ1v) is 5.34. The van der Waals surface area contributed by atoms with Crippen molar-refractivity contribution < 1.29 is 14.7 Å². The zero-order valence-electron chi connectivity index (χ0n) is 8.83. The van der Waals surface area contributed by atoms with Crippen LogP contribution in [0.1, 0.15) is 6.92 Å². The zero-order chi connectivity index (χ0) is 13.0. The Balaban J connectivity index is 2.89. The predicted molar refractivity (Wildman–Crippen MR) is 66.5 cm³/mol. The molecule has 6 heteroatoms. The number of hydrogen-bond acceptors (Lipinski definition) is 2. The maximum absolute atomic E-state index is 11.6. The van der Waals surface area contributed by atoms with Crippen molar-refractivity contribution in [2.45, 2.75) is 6.92 Å². The van der Waals surface area contributed by atoms with Crippen molar-refractivity contribution in [3.8, 4) is 0 Å². The molecule has 0 saturated heterocycles. The van der Waals surface area contributed by atoms with E-state index in [1.165, 1.54) is 6.92 Å². The summed E-state index contributed by atoms with van der Waals surface area (Å²) in [6.07, 6.45) is 0.813. The van der Waals surface area contributed by atoms with Crippen molar-refractivity contribution >= 4 is 40.8 Å². The SMILES string of the molecule is C/C(=C\C(=O)O)C(=O)Nc1cccc(Cl)c1Cl. The summed E-state index contributed by atoms with van der Waals surface area (Å²) in [6.45, 7) is 1.39. The van der Waals surface area contributed by atoms with E-state index in [0.29, 0.717) is 10.7 Å². The van der Waals surface area contributed by atoms with E-state index >= 15 is 0 Å². The van der Waals surface area contributed by atoms with Crippen molar-refractivity contribution in [3.05, 3.63) is 39.9 Å². The molecule has 0 bridgehead atoms. The minimum absolute atomic E-state index is 0.0635. The van der Waals surface area contributed by atoms with Crippen molar-refractivity contribution in [1.82, 2.24) is 0 Å².